The largest absolute Gasteiger partial charge is 0.496 e. The number of methoxy groups -OCH3 is 1. The molecule has 31 heavy (non-hydrogen) atoms. The Morgan fingerprint density at radius 2 is 1.81 bits per heavy atom. The number of hydrogen-bond acceptors (Lipinski definition) is 5. The summed E-state index contributed by atoms with van der Waals surface area (Å²) in [7, 11) is 1.54. The molecule has 1 heterocycles. The van der Waals surface area contributed by atoms with Crippen LogP contribution in [0.1, 0.15) is 10.4 Å². The highest BCUT2D eigenvalue weighted by atomic mass is 35.5. The van der Waals surface area contributed by atoms with E-state index in [0.29, 0.717) is 29.5 Å². The molecule has 0 spiro atoms. The number of carbonyl (C=O) groups is 1. The van der Waals surface area contributed by atoms with Crippen molar-refractivity contribution < 1.29 is 14.3 Å². The van der Waals surface area contributed by atoms with Crippen LogP contribution in [0, 0.1) is 0 Å². The first kappa shape index (κ1) is 21.4. The molecule has 2 N–H and O–H groups in total. The Bertz CT molecular complexity index is 1130. The molecule has 4 rings (SSSR count). The minimum absolute atomic E-state index is 0.178. The normalized spacial score (nSPS) is 13.7. The second kappa shape index (κ2) is 9.51. The monoisotopic (exact) mass is 455 g/mol. The Kier molecular flexibility index (Phi) is 6.56. The number of nitrogens with zero attached hydrogens (tertiary/aromatic N) is 1. The van der Waals surface area contributed by atoms with E-state index in [4.69, 9.17) is 33.3 Å². The van der Waals surface area contributed by atoms with Gasteiger partial charge in [0.1, 0.15) is 5.75 Å². The molecule has 0 unspecified atom stereocenters. The van der Waals surface area contributed by atoms with Crippen LogP contribution in [0.5, 0.6) is 5.75 Å². The summed E-state index contributed by atoms with van der Waals surface area (Å²) in [6.07, 6.45) is 0. The number of halogens is 1. The van der Waals surface area contributed by atoms with Gasteiger partial charge < -0.3 is 19.7 Å². The molecule has 8 heteroatoms. The van der Waals surface area contributed by atoms with Gasteiger partial charge in [0.15, 0.2) is 5.11 Å². The highest BCUT2D eigenvalue weighted by Gasteiger charge is 2.20. The smallest absolute Gasteiger partial charge is 0.261 e. The molecule has 0 atom stereocenters. The molecule has 1 amide bonds. The fraction of sp³-hybridized carbons (Fsp3) is 0.217. The van der Waals surface area contributed by atoms with Crippen LogP contribution in [0.4, 0.5) is 11.4 Å². The van der Waals surface area contributed by atoms with Crippen LogP contribution in [-0.4, -0.2) is 44.4 Å². The number of fused-ring (bicyclic) bond motifs is 1. The van der Waals surface area contributed by atoms with Gasteiger partial charge in [0.2, 0.25) is 0 Å². The molecule has 1 fully saturated rings. The van der Waals surface area contributed by atoms with Gasteiger partial charge in [-0.1, -0.05) is 41.9 Å². The number of anilines is 2. The van der Waals surface area contributed by atoms with E-state index in [1.807, 2.05) is 48.5 Å². The molecule has 0 aliphatic carbocycles. The van der Waals surface area contributed by atoms with Gasteiger partial charge in [-0.25, -0.2) is 0 Å². The van der Waals surface area contributed by atoms with Crippen molar-refractivity contribution in [2.24, 2.45) is 0 Å². The molecule has 160 valence electrons. The summed E-state index contributed by atoms with van der Waals surface area (Å²) in [6.45, 7) is 2.72. The van der Waals surface area contributed by atoms with E-state index in [1.54, 1.807) is 6.07 Å². The second-order valence-electron chi connectivity index (χ2n) is 7.04. The zero-order valence-corrected chi connectivity index (χ0v) is 18.6. The third kappa shape index (κ3) is 4.74. The van der Waals surface area contributed by atoms with E-state index in [-0.39, 0.29) is 11.0 Å². The molecule has 0 saturated carbocycles. The standard InChI is InChI=1S/C23H22ClN3O3S/c1-29-20-14-16-6-3-2-5-15(16)13-17(20)22(28)26-23(31)25-19-8-4-7-18(24)21(19)27-9-11-30-12-10-27/h2-8,13-14H,9-12H2,1H3,(H2,25,26,28,31). The Morgan fingerprint density at radius 1 is 1.10 bits per heavy atom. The van der Waals surface area contributed by atoms with Crippen LogP contribution in [0.15, 0.2) is 54.6 Å². The summed E-state index contributed by atoms with van der Waals surface area (Å²) in [6, 6.07) is 17.0. The number of hydrogen-bond donors (Lipinski definition) is 2. The average molecular weight is 456 g/mol. The molecule has 3 aromatic carbocycles. The van der Waals surface area contributed by atoms with Crippen molar-refractivity contribution in [1.29, 1.82) is 0 Å². The number of rotatable bonds is 4. The van der Waals surface area contributed by atoms with E-state index in [2.05, 4.69) is 15.5 Å². The molecule has 3 aromatic rings. The number of para-hydroxylation sites is 1. The van der Waals surface area contributed by atoms with E-state index < -0.39 is 0 Å². The lowest BCUT2D eigenvalue weighted by Crippen LogP contribution is -2.38. The molecule has 0 aromatic heterocycles. The number of nitrogens with one attached hydrogen (secondary N) is 2. The van der Waals surface area contributed by atoms with E-state index >= 15 is 0 Å². The van der Waals surface area contributed by atoms with Crippen molar-refractivity contribution in [1.82, 2.24) is 5.32 Å². The fourth-order valence-corrected chi connectivity index (χ4v) is 4.11. The molecule has 0 radical (unpaired) electrons. The first-order chi connectivity index (χ1) is 15.1. The van der Waals surface area contributed by atoms with Crippen LogP contribution >= 0.6 is 23.8 Å². The number of benzene rings is 3. The summed E-state index contributed by atoms with van der Waals surface area (Å²) in [5.74, 6) is 0.130. The van der Waals surface area contributed by atoms with Crippen LogP contribution in [-0.2, 0) is 4.74 Å². The minimum Gasteiger partial charge on any atom is -0.496 e. The summed E-state index contributed by atoms with van der Waals surface area (Å²) in [5.41, 5.74) is 1.97. The van der Waals surface area contributed by atoms with E-state index in [9.17, 15) is 4.79 Å². The number of morpholine rings is 1. The van der Waals surface area contributed by atoms with Gasteiger partial charge in [0.25, 0.3) is 5.91 Å². The average Bonchev–Trinajstić information content (AvgIpc) is 2.78. The lowest BCUT2D eigenvalue weighted by atomic mass is 10.1. The van der Waals surface area contributed by atoms with E-state index in [1.165, 1.54) is 7.11 Å². The Balaban J connectivity index is 1.54. The maximum absolute atomic E-state index is 13.0. The molecule has 1 aliphatic heterocycles. The molecule has 0 bridgehead atoms. The predicted octanol–water partition coefficient (Wildman–Crippen LogP) is 4.47. The first-order valence-corrected chi connectivity index (χ1v) is 10.7. The third-order valence-corrected chi connectivity index (χ3v) is 5.61. The van der Waals surface area contributed by atoms with Gasteiger partial charge >= 0.3 is 0 Å². The maximum atomic E-state index is 13.0. The van der Waals surface area contributed by atoms with Crippen molar-refractivity contribution in [2.45, 2.75) is 0 Å². The number of thiocarbonyl (C=S) groups is 1. The Labute approximate surface area is 191 Å². The van der Waals surface area contributed by atoms with Gasteiger partial charge in [-0.3, -0.25) is 10.1 Å². The van der Waals surface area contributed by atoms with Gasteiger partial charge in [0, 0.05) is 13.1 Å². The SMILES string of the molecule is COc1cc2ccccc2cc1C(=O)NC(=S)Nc1cccc(Cl)c1N1CCOCC1. The predicted molar refractivity (Wildman–Crippen MR) is 129 cm³/mol. The van der Waals surface area contributed by atoms with Gasteiger partial charge in [-0.2, -0.15) is 0 Å². The zero-order chi connectivity index (χ0) is 21.8. The lowest BCUT2D eigenvalue weighted by Gasteiger charge is -2.31. The number of ether oxygens (including phenoxy) is 2. The van der Waals surface area contributed by atoms with E-state index in [0.717, 1.165) is 35.2 Å². The van der Waals surface area contributed by atoms with Crippen molar-refractivity contribution in [3.8, 4) is 5.75 Å². The highest BCUT2D eigenvalue weighted by Crippen LogP contribution is 2.34. The summed E-state index contributed by atoms with van der Waals surface area (Å²) >= 11 is 11.9. The first-order valence-electron chi connectivity index (χ1n) is 9.87. The van der Waals surface area contributed by atoms with Gasteiger partial charge in [-0.05, 0) is 47.3 Å². The summed E-state index contributed by atoms with van der Waals surface area (Å²) < 4.78 is 10.9. The van der Waals surface area contributed by atoms with Crippen molar-refractivity contribution in [3.63, 3.8) is 0 Å². The topological polar surface area (TPSA) is 62.8 Å². The van der Waals surface area contributed by atoms with Crippen molar-refractivity contribution in [2.75, 3.05) is 43.6 Å². The number of amides is 1. The minimum atomic E-state index is -0.352. The zero-order valence-electron chi connectivity index (χ0n) is 17.0. The van der Waals surface area contributed by atoms with Crippen molar-refractivity contribution >= 4 is 57.0 Å². The van der Waals surface area contributed by atoms with Gasteiger partial charge in [-0.15, -0.1) is 0 Å². The van der Waals surface area contributed by atoms with Crippen LogP contribution in [0.25, 0.3) is 10.8 Å². The quantitative estimate of drug-likeness (QED) is 0.566. The highest BCUT2D eigenvalue weighted by molar-refractivity contribution is 7.80. The summed E-state index contributed by atoms with van der Waals surface area (Å²) in [5, 5.41) is 8.58. The Morgan fingerprint density at radius 3 is 2.52 bits per heavy atom. The molecular weight excluding hydrogens is 434 g/mol. The lowest BCUT2D eigenvalue weighted by molar-refractivity contribution is 0.0975. The molecule has 1 aliphatic rings. The summed E-state index contributed by atoms with van der Waals surface area (Å²) in [4.78, 5) is 15.1. The second-order valence-corrected chi connectivity index (χ2v) is 7.86. The fourth-order valence-electron chi connectivity index (χ4n) is 3.61. The molecular formula is C23H22ClN3O3S. The maximum Gasteiger partial charge on any atom is 0.261 e. The molecule has 6 nitrogen and oxygen atoms in total. The molecule has 1 saturated heterocycles. The number of carbonyl (C=O) groups excluding carboxylic acids is 1. The van der Waals surface area contributed by atoms with Crippen LogP contribution in [0.2, 0.25) is 5.02 Å². The van der Waals surface area contributed by atoms with Gasteiger partial charge in [0.05, 0.1) is 42.3 Å². The Hall–Kier alpha value is -2.87. The van der Waals surface area contributed by atoms with Crippen molar-refractivity contribution in [3.05, 3.63) is 65.2 Å². The van der Waals surface area contributed by atoms with Crippen LogP contribution < -0.4 is 20.3 Å². The van der Waals surface area contributed by atoms with Crippen LogP contribution in [0.3, 0.4) is 0 Å². The third-order valence-electron chi connectivity index (χ3n) is 5.10.